The molecule has 1 heterocycles. The van der Waals surface area contributed by atoms with Gasteiger partial charge in [-0.25, -0.2) is 9.67 Å². The van der Waals surface area contributed by atoms with Gasteiger partial charge in [-0.3, -0.25) is 9.59 Å². The van der Waals surface area contributed by atoms with Crippen LogP contribution in [-0.4, -0.2) is 33.1 Å². The van der Waals surface area contributed by atoms with Crippen LogP contribution in [0.3, 0.4) is 0 Å². The Kier molecular flexibility index (Phi) is 4.81. The summed E-state index contributed by atoms with van der Waals surface area (Å²) in [6.45, 7) is 5.80. The van der Waals surface area contributed by atoms with Crippen LogP contribution >= 0.6 is 0 Å². The number of carbonyl (C=O) groups excluding carboxylic acids is 2. The van der Waals surface area contributed by atoms with Gasteiger partial charge in [-0.05, 0) is 20.8 Å². The van der Waals surface area contributed by atoms with Gasteiger partial charge in [0, 0.05) is 6.42 Å². The molecule has 94 valence electrons. The summed E-state index contributed by atoms with van der Waals surface area (Å²) in [5, 5.41) is 4.08. The smallest absolute Gasteiger partial charge is 0.306 e. The predicted molar refractivity (Wildman–Crippen MR) is 60.4 cm³/mol. The highest BCUT2D eigenvalue weighted by molar-refractivity contribution is 5.82. The number of ether oxygens (including phenoxy) is 1. The molecule has 0 spiro atoms. The van der Waals surface area contributed by atoms with Gasteiger partial charge < -0.3 is 4.74 Å². The Morgan fingerprint density at radius 2 is 2.00 bits per heavy atom. The molecule has 0 saturated carbocycles. The van der Waals surface area contributed by atoms with E-state index in [4.69, 9.17) is 4.74 Å². The summed E-state index contributed by atoms with van der Waals surface area (Å²) >= 11 is 0. The van der Waals surface area contributed by atoms with Crippen LogP contribution in [0.2, 0.25) is 0 Å². The molecule has 1 aromatic heterocycles. The summed E-state index contributed by atoms with van der Waals surface area (Å²) in [5.74, 6) is 0.950. The van der Waals surface area contributed by atoms with Crippen LogP contribution in [0, 0.1) is 13.8 Å². The van der Waals surface area contributed by atoms with Crippen LogP contribution in [0.25, 0.3) is 0 Å². The fourth-order valence-electron chi connectivity index (χ4n) is 1.43. The maximum Gasteiger partial charge on any atom is 0.306 e. The Labute approximate surface area is 100.0 Å². The molecule has 6 nitrogen and oxygen atoms in total. The Hall–Kier alpha value is -1.72. The Balaban J connectivity index is 2.40. The van der Waals surface area contributed by atoms with Crippen molar-refractivity contribution in [2.45, 2.75) is 40.2 Å². The van der Waals surface area contributed by atoms with Gasteiger partial charge in [-0.2, -0.15) is 5.10 Å². The van der Waals surface area contributed by atoms with Gasteiger partial charge >= 0.3 is 5.97 Å². The van der Waals surface area contributed by atoms with E-state index in [2.05, 4.69) is 10.1 Å². The largest absolute Gasteiger partial charge is 0.466 e. The van der Waals surface area contributed by atoms with E-state index in [0.29, 0.717) is 18.3 Å². The third-order valence-corrected chi connectivity index (χ3v) is 2.20. The van der Waals surface area contributed by atoms with Gasteiger partial charge in [-0.15, -0.1) is 0 Å². The highest BCUT2D eigenvalue weighted by Crippen LogP contribution is 2.00. The summed E-state index contributed by atoms with van der Waals surface area (Å²) in [6.07, 6.45) is 0.302. The summed E-state index contributed by atoms with van der Waals surface area (Å²) in [5.41, 5.74) is 0. The van der Waals surface area contributed by atoms with Crippen molar-refractivity contribution in [2.75, 3.05) is 6.61 Å². The fourth-order valence-corrected chi connectivity index (χ4v) is 1.43. The quantitative estimate of drug-likeness (QED) is 0.687. The zero-order valence-corrected chi connectivity index (χ0v) is 10.4. The first kappa shape index (κ1) is 13.3. The van der Waals surface area contributed by atoms with Crippen molar-refractivity contribution in [3.63, 3.8) is 0 Å². The summed E-state index contributed by atoms with van der Waals surface area (Å²) in [6, 6.07) is 0. The summed E-state index contributed by atoms with van der Waals surface area (Å²) < 4.78 is 6.29. The van der Waals surface area contributed by atoms with Crippen molar-refractivity contribution in [1.82, 2.24) is 14.8 Å². The number of rotatable bonds is 6. The lowest BCUT2D eigenvalue weighted by Crippen LogP contribution is -2.15. The molecule has 0 bridgehead atoms. The Morgan fingerprint density at radius 3 is 2.53 bits per heavy atom. The Morgan fingerprint density at radius 1 is 1.29 bits per heavy atom. The van der Waals surface area contributed by atoms with Gasteiger partial charge in [-0.1, -0.05) is 0 Å². The fraction of sp³-hybridized carbons (Fsp3) is 0.636. The van der Waals surface area contributed by atoms with Crippen molar-refractivity contribution in [3.05, 3.63) is 11.6 Å². The molecule has 0 N–H and O–H groups in total. The molecule has 0 aliphatic rings. The van der Waals surface area contributed by atoms with E-state index < -0.39 is 0 Å². The minimum absolute atomic E-state index is 0.0500. The monoisotopic (exact) mass is 239 g/mol. The molecule has 1 rings (SSSR count). The van der Waals surface area contributed by atoms with Crippen LogP contribution in [0.4, 0.5) is 0 Å². The zero-order valence-electron chi connectivity index (χ0n) is 10.4. The zero-order chi connectivity index (χ0) is 12.8. The lowest BCUT2D eigenvalue weighted by Gasteiger charge is -2.03. The number of Topliss-reactive ketones (excluding diaryl/α,β-unsaturated/α-hetero) is 1. The van der Waals surface area contributed by atoms with Crippen molar-refractivity contribution in [2.24, 2.45) is 0 Å². The van der Waals surface area contributed by atoms with Crippen LogP contribution < -0.4 is 0 Å². The lowest BCUT2D eigenvalue weighted by atomic mass is 10.2. The Bertz CT molecular complexity index is 412. The van der Waals surface area contributed by atoms with E-state index >= 15 is 0 Å². The lowest BCUT2D eigenvalue weighted by molar-refractivity contribution is -0.144. The van der Waals surface area contributed by atoms with E-state index in [-0.39, 0.29) is 31.1 Å². The number of aromatic nitrogens is 3. The van der Waals surface area contributed by atoms with Crippen molar-refractivity contribution in [1.29, 1.82) is 0 Å². The minimum atomic E-state index is -0.340. The van der Waals surface area contributed by atoms with Crippen molar-refractivity contribution >= 4 is 11.8 Å². The summed E-state index contributed by atoms with van der Waals surface area (Å²) in [7, 11) is 0. The molecule has 0 fully saturated rings. The highest BCUT2D eigenvalue weighted by Gasteiger charge is 2.10. The average molecular weight is 239 g/mol. The van der Waals surface area contributed by atoms with E-state index in [1.165, 1.54) is 0 Å². The third-order valence-electron chi connectivity index (χ3n) is 2.20. The number of hydrogen-bond acceptors (Lipinski definition) is 5. The molecule has 0 aliphatic heterocycles. The van der Waals surface area contributed by atoms with E-state index in [9.17, 15) is 9.59 Å². The average Bonchev–Trinajstić information content (AvgIpc) is 2.55. The van der Waals surface area contributed by atoms with Crippen LogP contribution in [0.5, 0.6) is 0 Å². The van der Waals surface area contributed by atoms with Crippen molar-refractivity contribution in [3.8, 4) is 0 Å². The SMILES string of the molecule is CCOC(=O)CCC(=O)Cn1nc(C)nc1C. The minimum Gasteiger partial charge on any atom is -0.466 e. The number of ketones is 1. The highest BCUT2D eigenvalue weighted by atomic mass is 16.5. The molecule has 0 aromatic carbocycles. The summed E-state index contributed by atoms with van der Waals surface area (Å²) in [4.78, 5) is 26.7. The predicted octanol–water partition coefficient (Wildman–Crippen LogP) is 0.807. The number of esters is 1. The number of aryl methyl sites for hydroxylation is 2. The van der Waals surface area contributed by atoms with Crippen LogP contribution in [0.1, 0.15) is 31.4 Å². The number of hydrogen-bond donors (Lipinski definition) is 0. The molecule has 1 aromatic rings. The molecular weight excluding hydrogens is 222 g/mol. The molecule has 0 amide bonds. The maximum absolute atomic E-state index is 11.6. The number of carbonyl (C=O) groups is 2. The normalized spacial score (nSPS) is 10.3. The maximum atomic E-state index is 11.6. The van der Waals surface area contributed by atoms with Gasteiger partial charge in [0.05, 0.1) is 13.0 Å². The molecule has 0 atom stereocenters. The standard InChI is InChI=1S/C11H17N3O3/c1-4-17-11(16)6-5-10(15)7-14-9(3)12-8(2)13-14/h4-7H2,1-3H3. The van der Waals surface area contributed by atoms with Gasteiger partial charge in [0.1, 0.15) is 18.2 Å². The first-order valence-electron chi connectivity index (χ1n) is 5.58. The molecule has 0 radical (unpaired) electrons. The second-order valence-electron chi connectivity index (χ2n) is 3.71. The van der Waals surface area contributed by atoms with Crippen LogP contribution in [-0.2, 0) is 20.9 Å². The molecular formula is C11H17N3O3. The second-order valence-corrected chi connectivity index (χ2v) is 3.71. The van der Waals surface area contributed by atoms with E-state index in [1.54, 1.807) is 25.5 Å². The third kappa shape index (κ3) is 4.34. The first-order valence-corrected chi connectivity index (χ1v) is 5.58. The molecule has 0 saturated heterocycles. The molecule has 0 aliphatic carbocycles. The van der Waals surface area contributed by atoms with E-state index in [0.717, 1.165) is 0 Å². The molecule has 6 heteroatoms. The topological polar surface area (TPSA) is 74.1 Å². The van der Waals surface area contributed by atoms with Gasteiger partial charge in [0.15, 0.2) is 5.78 Å². The van der Waals surface area contributed by atoms with Crippen LogP contribution in [0.15, 0.2) is 0 Å². The number of nitrogens with zero attached hydrogens (tertiary/aromatic N) is 3. The van der Waals surface area contributed by atoms with Gasteiger partial charge in [0.25, 0.3) is 0 Å². The van der Waals surface area contributed by atoms with Crippen molar-refractivity contribution < 1.29 is 14.3 Å². The van der Waals surface area contributed by atoms with Gasteiger partial charge in [0.2, 0.25) is 0 Å². The molecule has 0 unspecified atom stereocenters. The second kappa shape index (κ2) is 6.12. The first-order chi connectivity index (χ1) is 8.02. The molecule has 17 heavy (non-hydrogen) atoms. The van der Waals surface area contributed by atoms with E-state index in [1.807, 2.05) is 0 Å².